The van der Waals surface area contributed by atoms with E-state index in [9.17, 15) is 31.2 Å². The number of pyridine rings is 1. The molecule has 0 aliphatic heterocycles. The van der Waals surface area contributed by atoms with Crippen LogP contribution in [0.1, 0.15) is 71.0 Å². The summed E-state index contributed by atoms with van der Waals surface area (Å²) in [6, 6.07) is 22.5. The number of nitrogens with one attached hydrogen (secondary N) is 1. The molecule has 0 saturated heterocycles. The second-order valence-corrected chi connectivity index (χ2v) is 21.7. The number of aryl methyl sites for hydroxylation is 5. The van der Waals surface area contributed by atoms with E-state index in [1.165, 1.54) is 27.4 Å². The van der Waals surface area contributed by atoms with Gasteiger partial charge in [-0.2, -0.15) is 31.9 Å². The number of para-hydroxylation sites is 2. The second kappa shape index (κ2) is 16.8. The van der Waals surface area contributed by atoms with Gasteiger partial charge in [0.15, 0.2) is 16.8 Å². The lowest BCUT2D eigenvalue weighted by Gasteiger charge is -2.28. The second-order valence-electron chi connectivity index (χ2n) is 17.0. The van der Waals surface area contributed by atoms with Crippen LogP contribution < -0.4 is 10.2 Å². The lowest BCUT2D eigenvalue weighted by Crippen LogP contribution is -2.17. The van der Waals surface area contributed by atoms with Gasteiger partial charge in [0.25, 0.3) is 20.2 Å². The third kappa shape index (κ3) is 8.33. The van der Waals surface area contributed by atoms with Crippen molar-refractivity contribution in [1.82, 2.24) is 24.7 Å². The molecule has 0 spiro atoms. The number of anilines is 5. The minimum absolute atomic E-state index is 0.0780. The molecule has 338 valence electrons. The van der Waals surface area contributed by atoms with Gasteiger partial charge in [-0.1, -0.05) is 79.8 Å². The zero-order valence-electron chi connectivity index (χ0n) is 37.5. The molecule has 20 heteroatoms. The summed E-state index contributed by atoms with van der Waals surface area (Å²) in [4.78, 5) is 16.1. The van der Waals surface area contributed by atoms with Crippen molar-refractivity contribution in [2.45, 2.75) is 84.4 Å². The summed E-state index contributed by atoms with van der Waals surface area (Å²) in [5.74, 6) is 0.440. The molecule has 4 heterocycles. The van der Waals surface area contributed by atoms with Gasteiger partial charge in [-0.15, -0.1) is 10.2 Å². The van der Waals surface area contributed by atoms with Gasteiger partial charge in [0.2, 0.25) is 5.13 Å². The van der Waals surface area contributed by atoms with Crippen molar-refractivity contribution in [2.24, 2.45) is 10.2 Å². The van der Waals surface area contributed by atoms with Crippen LogP contribution in [0.25, 0.3) is 25.6 Å². The number of azo groups is 1. The average molecular weight is 961 g/mol. The monoisotopic (exact) mass is 960 g/mol. The number of thiazole rings is 2. The predicted octanol–water partition coefficient (Wildman–Crippen LogP) is 11.9. The molecular formula is C46H44N10O6S4. The maximum absolute atomic E-state index is 13.0. The van der Waals surface area contributed by atoms with Crippen LogP contribution in [0.5, 0.6) is 0 Å². The summed E-state index contributed by atoms with van der Waals surface area (Å²) in [7, 11) is -9.39. The molecule has 0 radical (unpaired) electrons. The Labute approximate surface area is 389 Å². The molecule has 16 nitrogen and oxygen atoms in total. The summed E-state index contributed by atoms with van der Waals surface area (Å²) in [6.45, 7) is 17.6. The quantitative estimate of drug-likeness (QED) is 0.0857. The molecule has 8 rings (SSSR count). The van der Waals surface area contributed by atoms with Gasteiger partial charge in [0, 0.05) is 11.1 Å². The molecule has 0 aliphatic rings. The lowest BCUT2D eigenvalue weighted by atomic mass is 9.90. The van der Waals surface area contributed by atoms with E-state index in [-0.39, 0.29) is 49.6 Å². The molecule has 3 N–H and O–H groups in total. The van der Waals surface area contributed by atoms with E-state index in [1.54, 1.807) is 64.6 Å². The number of hydrogen-bond donors (Lipinski definition) is 3. The largest absolute Gasteiger partial charge is 0.338 e. The van der Waals surface area contributed by atoms with Gasteiger partial charge in [-0.25, -0.2) is 15.0 Å². The fourth-order valence-corrected chi connectivity index (χ4v) is 12.1. The SMILES string of the molecule is Cc1cc(N(c2nc3ccccc3s2)c2c(C)cc(C)c(S(=O)(=O)O)c2C)nc(Nc2c(C)cc(C)c(S(=O)(=O)O)c2C)c1N=Nc1c(C#N)c(C(C)(C)C)nn1-c1nc2ccccc2s1. The fraction of sp³-hybridized carbons (Fsp3) is 0.239. The summed E-state index contributed by atoms with van der Waals surface area (Å²) in [6.07, 6.45) is 0. The van der Waals surface area contributed by atoms with Crippen molar-refractivity contribution in [3.8, 4) is 11.2 Å². The van der Waals surface area contributed by atoms with E-state index >= 15 is 0 Å². The van der Waals surface area contributed by atoms with Gasteiger partial charge in [-0.3, -0.25) is 14.0 Å². The van der Waals surface area contributed by atoms with Crippen LogP contribution in [-0.2, 0) is 25.7 Å². The third-order valence-electron chi connectivity index (χ3n) is 11.0. The molecule has 66 heavy (non-hydrogen) atoms. The Morgan fingerprint density at radius 3 is 1.88 bits per heavy atom. The summed E-state index contributed by atoms with van der Waals surface area (Å²) >= 11 is 2.71. The highest BCUT2D eigenvalue weighted by Gasteiger charge is 2.32. The van der Waals surface area contributed by atoms with E-state index in [4.69, 9.17) is 30.3 Å². The maximum Gasteiger partial charge on any atom is 0.295 e. The van der Waals surface area contributed by atoms with Crippen LogP contribution in [0, 0.1) is 59.8 Å². The molecular weight excluding hydrogens is 917 g/mol. The molecule has 0 atom stereocenters. The van der Waals surface area contributed by atoms with Crippen LogP contribution in [-0.4, -0.2) is 50.7 Å². The number of nitriles is 1. The number of benzene rings is 4. The molecule has 4 aromatic heterocycles. The van der Waals surface area contributed by atoms with Crippen LogP contribution in [0.15, 0.2) is 86.7 Å². The van der Waals surface area contributed by atoms with Gasteiger partial charge < -0.3 is 5.32 Å². The van der Waals surface area contributed by atoms with Crippen molar-refractivity contribution in [1.29, 1.82) is 5.26 Å². The highest BCUT2D eigenvalue weighted by molar-refractivity contribution is 7.86. The molecule has 0 bridgehead atoms. The lowest BCUT2D eigenvalue weighted by molar-refractivity contribution is 0.479. The number of fused-ring (bicyclic) bond motifs is 2. The van der Waals surface area contributed by atoms with E-state index in [2.05, 4.69) is 11.4 Å². The molecule has 0 aliphatic carbocycles. The summed E-state index contributed by atoms with van der Waals surface area (Å²) < 4.78 is 75.6. The smallest absolute Gasteiger partial charge is 0.295 e. The Hall–Kier alpha value is -6.47. The molecule has 0 saturated carbocycles. The standard InChI is InChI=1S/C46H44N10O6S4/c1-23-19-26(4)39(65(57,58)59)28(6)36(23)51-42-37(52-53-43-30(22-47)41(46(8,9)10)54-56(43)45-49-32-16-12-14-18-34(32)64-45)24(2)21-35(50-42)55(44-48-31-15-11-13-17-33(31)63-44)38-25(3)20-27(5)40(29(38)7)66(60,61)62/h11-21H,1-10H3,(H,50,51)(H,57,58,59)(H,60,61,62). The van der Waals surface area contributed by atoms with Gasteiger partial charge >= 0.3 is 0 Å². The van der Waals surface area contributed by atoms with E-state index in [0.29, 0.717) is 60.7 Å². The highest BCUT2D eigenvalue weighted by Crippen LogP contribution is 2.47. The zero-order valence-corrected chi connectivity index (χ0v) is 40.8. The number of hydrogen-bond acceptors (Lipinski definition) is 15. The molecule has 8 aromatic rings. The highest BCUT2D eigenvalue weighted by atomic mass is 32.2. The van der Waals surface area contributed by atoms with Crippen LogP contribution in [0.2, 0.25) is 0 Å². The van der Waals surface area contributed by atoms with E-state index < -0.39 is 25.7 Å². The fourth-order valence-electron chi connectivity index (χ4n) is 8.33. The molecule has 0 unspecified atom stereocenters. The van der Waals surface area contributed by atoms with Gasteiger partial charge in [0.05, 0.1) is 31.8 Å². The first-order valence-corrected chi connectivity index (χ1v) is 24.9. The number of aromatic nitrogens is 5. The summed E-state index contributed by atoms with van der Waals surface area (Å²) in [5.41, 5.74) is 5.28. The minimum Gasteiger partial charge on any atom is -0.338 e. The Morgan fingerprint density at radius 1 is 0.727 bits per heavy atom. The van der Waals surface area contributed by atoms with Crippen molar-refractivity contribution in [3.63, 3.8) is 0 Å². The van der Waals surface area contributed by atoms with E-state index in [1.807, 2.05) is 76.2 Å². The Bertz CT molecular complexity index is 3550. The van der Waals surface area contributed by atoms with Crippen LogP contribution in [0.4, 0.5) is 39.6 Å². The third-order valence-corrected chi connectivity index (χ3v) is 15.3. The normalized spacial score (nSPS) is 12.4. The van der Waals surface area contributed by atoms with Crippen molar-refractivity contribution >= 4 is 103 Å². The first kappa shape index (κ1) is 46.1. The summed E-state index contributed by atoms with van der Waals surface area (Å²) in [5, 5.41) is 29.3. The van der Waals surface area contributed by atoms with Crippen molar-refractivity contribution in [2.75, 3.05) is 10.2 Å². The van der Waals surface area contributed by atoms with Gasteiger partial charge in [-0.05, 0) is 118 Å². The predicted molar refractivity (Wildman–Crippen MR) is 259 cm³/mol. The molecule has 0 amide bonds. The van der Waals surface area contributed by atoms with E-state index in [0.717, 1.165) is 14.9 Å². The van der Waals surface area contributed by atoms with Crippen LogP contribution >= 0.6 is 22.7 Å². The molecule has 0 fully saturated rings. The Kier molecular flexibility index (Phi) is 11.7. The van der Waals surface area contributed by atoms with Crippen molar-refractivity contribution in [3.05, 3.63) is 117 Å². The zero-order chi connectivity index (χ0) is 47.8. The molecule has 4 aromatic carbocycles. The average Bonchev–Trinajstić information content (AvgIpc) is 3.94. The Balaban J connectivity index is 1.42. The minimum atomic E-state index is -4.70. The van der Waals surface area contributed by atoms with Gasteiger partial charge in [0.1, 0.15) is 32.9 Å². The Morgan fingerprint density at radius 2 is 1.30 bits per heavy atom. The maximum atomic E-state index is 13.0. The first-order valence-electron chi connectivity index (χ1n) is 20.4. The number of nitrogens with zero attached hydrogens (tertiary/aromatic N) is 9. The number of rotatable bonds is 10. The first-order chi connectivity index (χ1) is 31.0. The topological polar surface area (TPSA) is 229 Å². The van der Waals surface area contributed by atoms with Crippen LogP contribution in [0.3, 0.4) is 0 Å². The van der Waals surface area contributed by atoms with Crippen molar-refractivity contribution < 1.29 is 25.9 Å².